The number of nitrogens with one attached hydrogen (secondary N) is 1. The van der Waals surface area contributed by atoms with E-state index in [9.17, 15) is 4.79 Å². The van der Waals surface area contributed by atoms with Crippen LogP contribution in [0.15, 0.2) is 18.2 Å². The molecule has 0 radical (unpaired) electrons. The van der Waals surface area contributed by atoms with Crippen molar-refractivity contribution in [3.8, 4) is 11.8 Å². The predicted octanol–water partition coefficient (Wildman–Crippen LogP) is 1.91. The number of aryl methyl sites for hydroxylation is 1. The average Bonchev–Trinajstić information content (AvgIpc) is 2.28. The lowest BCUT2D eigenvalue weighted by atomic mass is 10.1. The van der Waals surface area contributed by atoms with Crippen LogP contribution in [-0.4, -0.2) is 24.4 Å². The van der Waals surface area contributed by atoms with Gasteiger partial charge in [0, 0.05) is 5.56 Å². The summed E-state index contributed by atoms with van der Waals surface area (Å²) in [7, 11) is 0. The molecule has 90 valence electrons. The van der Waals surface area contributed by atoms with Crippen molar-refractivity contribution in [3.63, 3.8) is 0 Å². The van der Waals surface area contributed by atoms with Gasteiger partial charge in [-0.05, 0) is 31.5 Å². The van der Waals surface area contributed by atoms with Gasteiger partial charge in [0.25, 0.3) is 0 Å². The molecule has 17 heavy (non-hydrogen) atoms. The Labute approximate surface area is 101 Å². The molecule has 1 aromatic carbocycles. The summed E-state index contributed by atoms with van der Waals surface area (Å²) in [6, 6.07) is 5.48. The quantitative estimate of drug-likeness (QED) is 0.767. The zero-order valence-corrected chi connectivity index (χ0v) is 9.91. The first-order chi connectivity index (χ1) is 8.17. The minimum absolute atomic E-state index is 0.216. The molecule has 0 aliphatic heterocycles. The second-order valence-electron chi connectivity index (χ2n) is 3.35. The van der Waals surface area contributed by atoms with E-state index in [2.05, 4.69) is 17.2 Å². The molecule has 0 unspecified atom stereocenters. The third-order valence-corrected chi connectivity index (χ3v) is 1.99. The van der Waals surface area contributed by atoms with E-state index in [0.29, 0.717) is 17.9 Å². The van der Waals surface area contributed by atoms with Gasteiger partial charge < -0.3 is 9.84 Å². The van der Waals surface area contributed by atoms with Crippen LogP contribution in [0.3, 0.4) is 0 Å². The minimum Gasteiger partial charge on any atom is -0.450 e. The highest BCUT2D eigenvalue weighted by molar-refractivity contribution is 5.86. The number of carbonyl (C=O) groups is 1. The molecule has 1 amide bonds. The van der Waals surface area contributed by atoms with E-state index in [1.165, 1.54) is 0 Å². The fourth-order valence-corrected chi connectivity index (χ4v) is 1.28. The van der Waals surface area contributed by atoms with Gasteiger partial charge in [0.1, 0.15) is 6.61 Å². The number of rotatable bonds is 2. The number of hydrogen-bond donors (Lipinski definition) is 2. The van der Waals surface area contributed by atoms with Gasteiger partial charge in [-0.1, -0.05) is 17.9 Å². The molecule has 0 atom stereocenters. The van der Waals surface area contributed by atoms with Crippen molar-refractivity contribution >= 4 is 11.8 Å². The fourth-order valence-electron chi connectivity index (χ4n) is 1.28. The Hall–Kier alpha value is -1.99. The van der Waals surface area contributed by atoms with Crippen LogP contribution in [0.25, 0.3) is 0 Å². The maximum Gasteiger partial charge on any atom is 0.411 e. The summed E-state index contributed by atoms with van der Waals surface area (Å²) in [6.45, 7) is 3.75. The maximum absolute atomic E-state index is 11.3. The number of aliphatic hydroxyl groups is 1. The van der Waals surface area contributed by atoms with E-state index < -0.39 is 6.09 Å². The van der Waals surface area contributed by atoms with Crippen LogP contribution in [0, 0.1) is 18.8 Å². The third-order valence-electron chi connectivity index (χ3n) is 1.99. The van der Waals surface area contributed by atoms with Crippen molar-refractivity contribution in [2.75, 3.05) is 18.5 Å². The van der Waals surface area contributed by atoms with Gasteiger partial charge in [-0.3, -0.25) is 5.32 Å². The van der Waals surface area contributed by atoms with Crippen LogP contribution in [0.4, 0.5) is 10.5 Å². The maximum atomic E-state index is 11.3. The Morgan fingerprint density at radius 2 is 2.29 bits per heavy atom. The molecule has 0 bridgehead atoms. The van der Waals surface area contributed by atoms with Crippen LogP contribution in [0.2, 0.25) is 0 Å². The first-order valence-corrected chi connectivity index (χ1v) is 5.31. The molecular weight excluding hydrogens is 218 g/mol. The zero-order chi connectivity index (χ0) is 12.7. The minimum atomic E-state index is -0.509. The molecular formula is C13H15NO3. The smallest absolute Gasteiger partial charge is 0.411 e. The summed E-state index contributed by atoms with van der Waals surface area (Å²) < 4.78 is 4.80. The second-order valence-corrected chi connectivity index (χ2v) is 3.35. The molecule has 0 saturated heterocycles. The van der Waals surface area contributed by atoms with Crippen LogP contribution >= 0.6 is 0 Å². The van der Waals surface area contributed by atoms with Crippen molar-refractivity contribution in [2.24, 2.45) is 0 Å². The molecule has 0 aromatic heterocycles. The lowest BCUT2D eigenvalue weighted by molar-refractivity contribution is 0.168. The number of benzene rings is 1. The molecule has 0 heterocycles. The van der Waals surface area contributed by atoms with Gasteiger partial charge in [-0.2, -0.15) is 0 Å². The largest absolute Gasteiger partial charge is 0.450 e. The van der Waals surface area contributed by atoms with E-state index in [-0.39, 0.29) is 6.61 Å². The fraction of sp³-hybridized carbons (Fsp3) is 0.308. The normalized spacial score (nSPS) is 9.12. The lowest BCUT2D eigenvalue weighted by Crippen LogP contribution is -2.14. The molecule has 0 aliphatic carbocycles. The molecule has 4 heteroatoms. The molecule has 4 nitrogen and oxygen atoms in total. The summed E-state index contributed by atoms with van der Waals surface area (Å²) in [5.74, 6) is 5.31. The monoisotopic (exact) mass is 233 g/mol. The Bertz CT molecular complexity index is 457. The highest BCUT2D eigenvalue weighted by atomic mass is 16.5. The second kappa shape index (κ2) is 6.56. The Morgan fingerprint density at radius 1 is 1.53 bits per heavy atom. The predicted molar refractivity (Wildman–Crippen MR) is 65.8 cm³/mol. The summed E-state index contributed by atoms with van der Waals surface area (Å²) >= 11 is 0. The molecule has 1 aromatic rings. The lowest BCUT2D eigenvalue weighted by Gasteiger charge is -2.08. The van der Waals surface area contributed by atoms with E-state index in [1.807, 2.05) is 13.0 Å². The van der Waals surface area contributed by atoms with Gasteiger partial charge in [-0.25, -0.2) is 4.79 Å². The summed E-state index contributed by atoms with van der Waals surface area (Å²) in [4.78, 5) is 11.3. The van der Waals surface area contributed by atoms with Crippen molar-refractivity contribution in [1.82, 2.24) is 0 Å². The van der Waals surface area contributed by atoms with Gasteiger partial charge in [0.05, 0.1) is 12.3 Å². The zero-order valence-electron chi connectivity index (χ0n) is 9.91. The van der Waals surface area contributed by atoms with E-state index in [0.717, 1.165) is 5.56 Å². The summed E-state index contributed by atoms with van der Waals surface area (Å²) in [5, 5.41) is 11.3. The van der Waals surface area contributed by atoms with Crippen LogP contribution in [0.1, 0.15) is 18.1 Å². The van der Waals surface area contributed by atoms with Crippen LogP contribution in [-0.2, 0) is 4.74 Å². The molecule has 0 fully saturated rings. The summed E-state index contributed by atoms with van der Waals surface area (Å²) in [5.41, 5.74) is 2.24. The number of ether oxygens (including phenoxy) is 1. The Balaban J connectivity index is 2.94. The van der Waals surface area contributed by atoms with Crippen molar-refractivity contribution < 1.29 is 14.6 Å². The first-order valence-electron chi connectivity index (χ1n) is 5.31. The van der Waals surface area contributed by atoms with Gasteiger partial charge in [0.2, 0.25) is 0 Å². The Morgan fingerprint density at radius 3 is 2.94 bits per heavy atom. The molecule has 0 aliphatic rings. The van der Waals surface area contributed by atoms with E-state index in [1.54, 1.807) is 19.1 Å². The van der Waals surface area contributed by atoms with E-state index in [4.69, 9.17) is 9.84 Å². The van der Waals surface area contributed by atoms with Crippen molar-refractivity contribution in [1.29, 1.82) is 0 Å². The van der Waals surface area contributed by atoms with Crippen molar-refractivity contribution in [3.05, 3.63) is 29.3 Å². The van der Waals surface area contributed by atoms with Gasteiger partial charge >= 0.3 is 6.09 Å². The van der Waals surface area contributed by atoms with Crippen LogP contribution in [0.5, 0.6) is 0 Å². The van der Waals surface area contributed by atoms with Gasteiger partial charge in [-0.15, -0.1) is 0 Å². The highest BCUT2D eigenvalue weighted by Crippen LogP contribution is 2.16. The standard InChI is InChI=1S/C13H15NO3/c1-3-17-13(16)14-12-9-10(2)6-7-11(12)5-4-8-15/h6-7,9,15H,3,8H2,1-2H3,(H,14,16). The topological polar surface area (TPSA) is 58.6 Å². The van der Waals surface area contributed by atoms with Gasteiger partial charge in [0.15, 0.2) is 0 Å². The number of carbonyl (C=O) groups excluding carboxylic acids is 1. The first kappa shape index (κ1) is 13.1. The van der Waals surface area contributed by atoms with Crippen LogP contribution < -0.4 is 5.32 Å². The number of aliphatic hydroxyl groups excluding tert-OH is 1. The molecule has 2 N–H and O–H groups in total. The number of anilines is 1. The number of hydrogen-bond acceptors (Lipinski definition) is 3. The Kier molecular flexibility index (Phi) is 5.05. The molecule has 0 saturated carbocycles. The van der Waals surface area contributed by atoms with Crippen molar-refractivity contribution in [2.45, 2.75) is 13.8 Å². The summed E-state index contributed by atoms with van der Waals surface area (Å²) in [6.07, 6.45) is -0.509. The third kappa shape index (κ3) is 4.17. The SMILES string of the molecule is CCOC(=O)Nc1cc(C)ccc1C#CCO. The average molecular weight is 233 g/mol. The number of amides is 1. The highest BCUT2D eigenvalue weighted by Gasteiger charge is 2.05. The molecule has 0 spiro atoms. The molecule has 1 rings (SSSR count). The van der Waals surface area contributed by atoms with E-state index >= 15 is 0 Å².